The van der Waals surface area contributed by atoms with Crippen LogP contribution < -0.4 is 10.6 Å². The zero-order chi connectivity index (χ0) is 18.4. The number of rotatable bonds is 5. The van der Waals surface area contributed by atoms with Crippen LogP contribution in [0.25, 0.3) is 0 Å². The molecule has 2 fully saturated rings. The van der Waals surface area contributed by atoms with Gasteiger partial charge >= 0.3 is 0 Å². The van der Waals surface area contributed by atoms with Crippen molar-refractivity contribution in [2.24, 2.45) is 5.73 Å². The maximum Gasteiger partial charge on any atom is 0.255 e. The fraction of sp³-hybridized carbons (Fsp3) is 0.579. The van der Waals surface area contributed by atoms with Crippen molar-refractivity contribution in [3.63, 3.8) is 0 Å². The molecule has 2 amide bonds. The monoisotopic (exact) mass is 344 g/mol. The van der Waals surface area contributed by atoms with Crippen molar-refractivity contribution < 1.29 is 9.59 Å². The molecule has 0 radical (unpaired) electrons. The molecule has 2 atom stereocenters. The van der Waals surface area contributed by atoms with Crippen LogP contribution in [0.1, 0.15) is 32.3 Å². The van der Waals surface area contributed by atoms with E-state index >= 15 is 0 Å². The predicted octanol–water partition coefficient (Wildman–Crippen LogP) is 1.15. The van der Waals surface area contributed by atoms with Gasteiger partial charge in [0.15, 0.2) is 6.17 Å². The number of carbonyl (C=O) groups is 2. The SMILES string of the molecule is CN(C)CC(C)(C)c1ccc(N2C(=O)[C@@H]3CCCN3C2C(N)=O)cc1. The van der Waals surface area contributed by atoms with E-state index in [0.717, 1.165) is 31.6 Å². The second-order valence-corrected chi connectivity index (χ2v) is 8.05. The minimum atomic E-state index is -0.666. The van der Waals surface area contributed by atoms with Crippen LogP contribution >= 0.6 is 0 Å². The van der Waals surface area contributed by atoms with Crippen LogP contribution in [0.15, 0.2) is 24.3 Å². The van der Waals surface area contributed by atoms with Gasteiger partial charge in [-0.05, 0) is 44.6 Å². The number of benzene rings is 1. The van der Waals surface area contributed by atoms with Crippen LogP contribution in [0.2, 0.25) is 0 Å². The van der Waals surface area contributed by atoms with Gasteiger partial charge in [0.2, 0.25) is 5.91 Å². The Labute approximate surface area is 149 Å². The maximum atomic E-state index is 12.8. The highest BCUT2D eigenvalue weighted by atomic mass is 16.2. The van der Waals surface area contributed by atoms with Gasteiger partial charge in [0.25, 0.3) is 5.91 Å². The van der Waals surface area contributed by atoms with E-state index < -0.39 is 12.1 Å². The van der Waals surface area contributed by atoms with Gasteiger partial charge in [0.05, 0.1) is 6.04 Å². The van der Waals surface area contributed by atoms with Gasteiger partial charge in [-0.25, -0.2) is 0 Å². The van der Waals surface area contributed by atoms with Gasteiger partial charge < -0.3 is 10.6 Å². The summed E-state index contributed by atoms with van der Waals surface area (Å²) in [5, 5.41) is 0. The number of nitrogens with two attached hydrogens (primary N) is 1. The van der Waals surface area contributed by atoms with Gasteiger partial charge in [-0.15, -0.1) is 0 Å². The number of anilines is 1. The minimum Gasteiger partial charge on any atom is -0.367 e. The summed E-state index contributed by atoms with van der Waals surface area (Å²) in [4.78, 5) is 30.5. The number of hydrogen-bond acceptors (Lipinski definition) is 4. The molecule has 136 valence electrons. The average Bonchev–Trinajstić information content (AvgIpc) is 3.08. The first-order valence-corrected chi connectivity index (χ1v) is 8.86. The van der Waals surface area contributed by atoms with E-state index in [1.54, 1.807) is 4.90 Å². The van der Waals surface area contributed by atoms with Gasteiger partial charge in [-0.2, -0.15) is 0 Å². The lowest BCUT2D eigenvalue weighted by Gasteiger charge is -2.30. The zero-order valence-corrected chi connectivity index (χ0v) is 15.5. The third kappa shape index (κ3) is 3.16. The fourth-order valence-electron chi connectivity index (χ4n) is 4.29. The number of nitrogens with zero attached hydrogens (tertiary/aromatic N) is 3. The van der Waals surface area contributed by atoms with Crippen LogP contribution in [-0.2, 0) is 15.0 Å². The first-order chi connectivity index (χ1) is 11.7. The molecule has 2 aliphatic rings. The fourth-order valence-corrected chi connectivity index (χ4v) is 4.29. The van der Waals surface area contributed by atoms with Gasteiger partial charge in [0, 0.05) is 24.2 Å². The van der Waals surface area contributed by atoms with Crippen molar-refractivity contribution in [3.05, 3.63) is 29.8 Å². The molecule has 0 aromatic heterocycles. The molecule has 0 bridgehead atoms. The van der Waals surface area contributed by atoms with E-state index in [2.05, 4.69) is 32.8 Å². The Bertz CT molecular complexity index is 669. The molecular weight excluding hydrogens is 316 g/mol. The van der Waals surface area contributed by atoms with E-state index in [9.17, 15) is 9.59 Å². The van der Waals surface area contributed by atoms with Gasteiger partial charge in [-0.3, -0.25) is 19.4 Å². The lowest BCUT2D eigenvalue weighted by atomic mass is 9.84. The number of likely N-dealkylation sites (N-methyl/N-ethyl adjacent to an activating group) is 1. The highest BCUT2D eigenvalue weighted by molar-refractivity contribution is 6.06. The Morgan fingerprint density at radius 1 is 1.28 bits per heavy atom. The molecular formula is C19H28N4O2. The summed E-state index contributed by atoms with van der Waals surface area (Å²) in [7, 11) is 4.12. The van der Waals surface area contributed by atoms with E-state index in [1.165, 1.54) is 5.56 Å². The standard InChI is InChI=1S/C19H28N4O2/c1-19(2,12-21(3)4)13-7-9-14(10-8-13)23-17(16(20)24)22-11-5-6-15(22)18(23)25/h7-10,15,17H,5-6,11-12H2,1-4H3,(H2,20,24)/t15-,17?/m0/s1. The summed E-state index contributed by atoms with van der Waals surface area (Å²) in [5.41, 5.74) is 7.56. The number of hydrogen-bond donors (Lipinski definition) is 1. The van der Waals surface area contributed by atoms with Crippen LogP contribution in [-0.4, -0.2) is 61.0 Å². The first kappa shape index (κ1) is 17.9. The van der Waals surface area contributed by atoms with Crippen molar-refractivity contribution in [2.45, 2.75) is 44.3 Å². The van der Waals surface area contributed by atoms with Crippen LogP contribution in [0, 0.1) is 0 Å². The molecule has 1 aromatic rings. The Morgan fingerprint density at radius 2 is 1.92 bits per heavy atom. The third-order valence-corrected chi connectivity index (χ3v) is 5.27. The second-order valence-electron chi connectivity index (χ2n) is 8.05. The molecule has 0 aliphatic carbocycles. The van der Waals surface area contributed by atoms with Crippen molar-refractivity contribution in [1.82, 2.24) is 9.80 Å². The molecule has 1 unspecified atom stereocenters. The van der Waals surface area contributed by atoms with Crippen LogP contribution in [0.4, 0.5) is 5.69 Å². The van der Waals surface area contributed by atoms with E-state index in [0.29, 0.717) is 0 Å². The van der Waals surface area contributed by atoms with Crippen LogP contribution in [0.5, 0.6) is 0 Å². The number of primary amides is 1. The molecule has 0 saturated carbocycles. The summed E-state index contributed by atoms with van der Waals surface area (Å²) >= 11 is 0. The Balaban J connectivity index is 1.89. The Morgan fingerprint density at radius 3 is 2.48 bits per heavy atom. The van der Waals surface area contributed by atoms with Crippen LogP contribution in [0.3, 0.4) is 0 Å². The van der Waals surface area contributed by atoms with E-state index in [4.69, 9.17) is 5.73 Å². The molecule has 6 heteroatoms. The van der Waals surface area contributed by atoms with E-state index in [-0.39, 0.29) is 17.4 Å². The van der Waals surface area contributed by atoms with E-state index in [1.807, 2.05) is 29.2 Å². The normalized spacial score (nSPS) is 24.2. The zero-order valence-electron chi connectivity index (χ0n) is 15.5. The maximum absolute atomic E-state index is 12.8. The van der Waals surface area contributed by atoms with Crippen molar-refractivity contribution >= 4 is 17.5 Å². The summed E-state index contributed by atoms with van der Waals surface area (Å²) < 4.78 is 0. The first-order valence-electron chi connectivity index (χ1n) is 8.86. The summed E-state index contributed by atoms with van der Waals surface area (Å²) in [6.45, 7) is 6.07. The second kappa shape index (κ2) is 6.42. The lowest BCUT2D eigenvalue weighted by Crippen LogP contribution is -2.49. The lowest BCUT2D eigenvalue weighted by molar-refractivity contribution is -0.122. The molecule has 1 aromatic carbocycles. The Kier molecular flexibility index (Phi) is 4.60. The largest absolute Gasteiger partial charge is 0.367 e. The molecule has 2 aliphatic heterocycles. The van der Waals surface area contributed by atoms with Crippen molar-refractivity contribution in [3.8, 4) is 0 Å². The number of carbonyl (C=O) groups excluding carboxylic acids is 2. The summed E-state index contributed by atoms with van der Waals surface area (Å²) in [6.07, 6.45) is 1.07. The average molecular weight is 344 g/mol. The van der Waals surface area contributed by atoms with Crippen molar-refractivity contribution in [2.75, 3.05) is 32.1 Å². The third-order valence-electron chi connectivity index (χ3n) is 5.27. The smallest absolute Gasteiger partial charge is 0.255 e. The Hall–Kier alpha value is -1.92. The van der Waals surface area contributed by atoms with Crippen molar-refractivity contribution in [1.29, 1.82) is 0 Å². The summed E-state index contributed by atoms with van der Waals surface area (Å²) in [5.74, 6) is -0.476. The quantitative estimate of drug-likeness (QED) is 0.870. The molecule has 3 rings (SSSR count). The van der Waals surface area contributed by atoms with Gasteiger partial charge in [-0.1, -0.05) is 26.0 Å². The molecule has 2 heterocycles. The number of fused-ring (bicyclic) bond motifs is 1. The highest BCUT2D eigenvalue weighted by Gasteiger charge is 2.51. The molecule has 25 heavy (non-hydrogen) atoms. The predicted molar refractivity (Wildman–Crippen MR) is 98.2 cm³/mol. The topological polar surface area (TPSA) is 69.9 Å². The molecule has 2 saturated heterocycles. The molecule has 0 spiro atoms. The number of amides is 2. The molecule has 6 nitrogen and oxygen atoms in total. The highest BCUT2D eigenvalue weighted by Crippen LogP contribution is 2.35. The molecule has 2 N–H and O–H groups in total. The summed E-state index contributed by atoms with van der Waals surface area (Å²) in [6, 6.07) is 7.76. The minimum absolute atomic E-state index is 0.000143. The van der Waals surface area contributed by atoms with Gasteiger partial charge in [0.1, 0.15) is 0 Å².